The maximum absolute atomic E-state index is 13.0. The Hall–Kier alpha value is -3.91. The molecule has 0 saturated carbocycles. The minimum atomic E-state index is -0.815. The number of likely N-dealkylation sites (tertiary alicyclic amines) is 1. The smallest absolute Gasteiger partial charge is 0.308 e. The summed E-state index contributed by atoms with van der Waals surface area (Å²) in [6.07, 6.45) is 1.61. The minimum Gasteiger partial charge on any atom is -0.507 e. The van der Waals surface area contributed by atoms with Crippen molar-refractivity contribution in [3.8, 4) is 5.75 Å². The highest BCUT2D eigenvalue weighted by Gasteiger charge is 2.46. The number of carbonyl (C=O) groups excluding carboxylic acids is 3. The second-order valence-electron chi connectivity index (χ2n) is 7.40. The van der Waals surface area contributed by atoms with Crippen LogP contribution in [0, 0.1) is 0 Å². The monoisotopic (exact) mass is 434 g/mol. The van der Waals surface area contributed by atoms with E-state index in [1.165, 1.54) is 18.9 Å². The molecule has 0 spiro atoms. The largest absolute Gasteiger partial charge is 0.507 e. The van der Waals surface area contributed by atoms with E-state index >= 15 is 0 Å². The van der Waals surface area contributed by atoms with Crippen LogP contribution in [0.3, 0.4) is 0 Å². The predicted molar refractivity (Wildman–Crippen MR) is 117 cm³/mol. The van der Waals surface area contributed by atoms with Crippen molar-refractivity contribution in [3.63, 3.8) is 0 Å². The lowest BCUT2D eigenvalue weighted by Crippen LogP contribution is -2.32. The molecular weight excluding hydrogens is 412 g/mol. The van der Waals surface area contributed by atoms with Crippen LogP contribution in [0.1, 0.15) is 24.1 Å². The van der Waals surface area contributed by atoms with E-state index in [4.69, 9.17) is 9.47 Å². The fraction of sp³-hybridized carbons (Fsp3) is 0.208. The normalized spacial score (nSPS) is 17.8. The zero-order chi connectivity index (χ0) is 22.8. The number of rotatable bonds is 6. The number of hydrogen-bond acceptors (Lipinski definition) is 6. The quantitative estimate of drug-likeness (QED) is 0.203. The highest BCUT2D eigenvalue weighted by atomic mass is 16.5. The summed E-state index contributed by atoms with van der Waals surface area (Å²) in [6.45, 7) is 1.69. The Morgan fingerprint density at radius 3 is 2.53 bits per heavy atom. The van der Waals surface area contributed by atoms with Gasteiger partial charge < -0.3 is 24.5 Å². The molecule has 2 N–H and O–H groups in total. The summed E-state index contributed by atoms with van der Waals surface area (Å²) < 4.78 is 10.2. The average Bonchev–Trinajstić information content (AvgIpc) is 3.32. The van der Waals surface area contributed by atoms with Crippen molar-refractivity contribution >= 4 is 34.3 Å². The van der Waals surface area contributed by atoms with Crippen molar-refractivity contribution in [2.24, 2.45) is 0 Å². The first-order valence-electron chi connectivity index (χ1n) is 10.0. The van der Waals surface area contributed by atoms with Crippen molar-refractivity contribution in [1.82, 2.24) is 9.88 Å². The number of benzene rings is 2. The van der Waals surface area contributed by atoms with Gasteiger partial charge in [0, 0.05) is 43.2 Å². The van der Waals surface area contributed by atoms with Gasteiger partial charge in [0.05, 0.1) is 18.2 Å². The fourth-order valence-corrected chi connectivity index (χ4v) is 3.94. The Labute approximate surface area is 184 Å². The number of nitrogens with zero attached hydrogens (tertiary/aromatic N) is 1. The van der Waals surface area contributed by atoms with E-state index in [-0.39, 0.29) is 24.5 Å². The number of aromatic nitrogens is 1. The maximum atomic E-state index is 13.0. The summed E-state index contributed by atoms with van der Waals surface area (Å²) in [5.41, 5.74) is 1.82. The molecule has 0 bridgehead atoms. The van der Waals surface area contributed by atoms with E-state index in [2.05, 4.69) is 4.98 Å². The van der Waals surface area contributed by atoms with Gasteiger partial charge in [0.2, 0.25) is 0 Å². The number of amides is 1. The molecule has 3 aromatic rings. The Balaban J connectivity index is 1.84. The van der Waals surface area contributed by atoms with E-state index in [1.54, 1.807) is 30.5 Å². The number of H-pyrrole nitrogens is 1. The zero-order valence-corrected chi connectivity index (χ0v) is 17.6. The van der Waals surface area contributed by atoms with Crippen molar-refractivity contribution in [3.05, 3.63) is 71.4 Å². The summed E-state index contributed by atoms with van der Waals surface area (Å²) in [5.74, 6) is -1.85. The highest BCUT2D eigenvalue weighted by Crippen LogP contribution is 2.40. The van der Waals surface area contributed by atoms with Crippen LogP contribution in [0.4, 0.5) is 0 Å². The average molecular weight is 434 g/mol. The van der Waals surface area contributed by atoms with Crippen LogP contribution in [-0.2, 0) is 19.1 Å². The third-order valence-electron chi connectivity index (χ3n) is 5.38. The molecule has 1 aliphatic rings. The Kier molecular flexibility index (Phi) is 5.79. The van der Waals surface area contributed by atoms with Crippen LogP contribution in [0.5, 0.6) is 5.75 Å². The van der Waals surface area contributed by atoms with Crippen LogP contribution in [-0.4, -0.2) is 52.9 Å². The van der Waals surface area contributed by atoms with E-state index in [0.29, 0.717) is 16.9 Å². The molecule has 2 aromatic carbocycles. The highest BCUT2D eigenvalue weighted by molar-refractivity contribution is 6.46. The van der Waals surface area contributed by atoms with Crippen LogP contribution < -0.4 is 4.74 Å². The Morgan fingerprint density at radius 1 is 1.12 bits per heavy atom. The van der Waals surface area contributed by atoms with Crippen molar-refractivity contribution in [1.29, 1.82) is 0 Å². The van der Waals surface area contributed by atoms with Crippen LogP contribution in [0.2, 0.25) is 0 Å². The molecule has 1 aromatic heterocycles. The number of nitrogens with one attached hydrogen (secondary N) is 1. The molecule has 8 heteroatoms. The molecule has 1 aliphatic heterocycles. The van der Waals surface area contributed by atoms with Gasteiger partial charge >= 0.3 is 5.97 Å². The van der Waals surface area contributed by atoms with Gasteiger partial charge in [0.25, 0.3) is 11.7 Å². The SMILES string of the molecule is COCCN1C(=O)C(=O)/C(=C(\O)c2c[nH]c3ccccc23)C1c1ccc(OC(C)=O)cc1. The Morgan fingerprint density at radius 2 is 1.84 bits per heavy atom. The number of aromatic amines is 1. The summed E-state index contributed by atoms with van der Waals surface area (Å²) in [6, 6.07) is 13.0. The minimum absolute atomic E-state index is 0.00362. The second-order valence-corrected chi connectivity index (χ2v) is 7.40. The summed E-state index contributed by atoms with van der Waals surface area (Å²) in [4.78, 5) is 41.5. The fourth-order valence-electron chi connectivity index (χ4n) is 3.94. The van der Waals surface area contributed by atoms with Gasteiger partial charge in [-0.25, -0.2) is 0 Å². The van der Waals surface area contributed by atoms with Gasteiger partial charge in [-0.3, -0.25) is 14.4 Å². The third kappa shape index (κ3) is 3.76. The van der Waals surface area contributed by atoms with Gasteiger partial charge in [0.15, 0.2) is 0 Å². The standard InChI is InChI=1S/C24H22N2O6/c1-14(27)32-16-9-7-15(8-10-16)21-20(23(29)24(30)26(21)11-12-31-2)22(28)18-13-25-19-6-4-3-5-17(18)19/h3-10,13,21,25,28H,11-12H2,1-2H3/b22-20-. The van der Waals surface area contributed by atoms with Gasteiger partial charge in [-0.2, -0.15) is 0 Å². The molecule has 8 nitrogen and oxygen atoms in total. The third-order valence-corrected chi connectivity index (χ3v) is 5.38. The molecule has 0 radical (unpaired) electrons. The number of fused-ring (bicyclic) bond motifs is 1. The molecule has 164 valence electrons. The lowest BCUT2D eigenvalue weighted by molar-refractivity contribution is -0.140. The predicted octanol–water partition coefficient (Wildman–Crippen LogP) is 3.16. The number of ether oxygens (including phenoxy) is 2. The molecule has 4 rings (SSSR count). The van der Waals surface area contributed by atoms with Crippen LogP contribution in [0.25, 0.3) is 16.7 Å². The van der Waals surface area contributed by atoms with E-state index in [9.17, 15) is 19.5 Å². The van der Waals surface area contributed by atoms with Gasteiger partial charge in [-0.05, 0) is 23.8 Å². The van der Waals surface area contributed by atoms with Gasteiger partial charge in [-0.15, -0.1) is 0 Å². The molecular formula is C24H22N2O6. The first-order valence-corrected chi connectivity index (χ1v) is 10.0. The number of para-hydroxylation sites is 1. The molecule has 1 unspecified atom stereocenters. The molecule has 1 atom stereocenters. The topological polar surface area (TPSA) is 109 Å². The summed E-state index contributed by atoms with van der Waals surface area (Å²) in [5, 5.41) is 11.9. The number of aliphatic hydroxyl groups is 1. The lowest BCUT2D eigenvalue weighted by Gasteiger charge is -2.25. The van der Waals surface area contributed by atoms with E-state index < -0.39 is 23.7 Å². The molecule has 0 aliphatic carbocycles. The number of Topliss-reactive ketones (excluding diaryl/α,β-unsaturated/α-hetero) is 1. The molecule has 32 heavy (non-hydrogen) atoms. The number of esters is 1. The zero-order valence-electron chi connectivity index (χ0n) is 17.6. The maximum Gasteiger partial charge on any atom is 0.308 e. The summed E-state index contributed by atoms with van der Waals surface area (Å²) in [7, 11) is 1.51. The number of hydrogen-bond donors (Lipinski definition) is 2. The molecule has 1 saturated heterocycles. The van der Waals surface area contributed by atoms with Crippen molar-refractivity contribution in [2.75, 3.05) is 20.3 Å². The van der Waals surface area contributed by atoms with Gasteiger partial charge in [0.1, 0.15) is 11.5 Å². The van der Waals surface area contributed by atoms with Crippen molar-refractivity contribution < 1.29 is 29.0 Å². The Bertz CT molecular complexity index is 1220. The number of carbonyl (C=O) groups is 3. The number of ketones is 1. The van der Waals surface area contributed by atoms with E-state index in [1.807, 2.05) is 24.3 Å². The van der Waals surface area contributed by atoms with Crippen molar-refractivity contribution in [2.45, 2.75) is 13.0 Å². The van der Waals surface area contributed by atoms with E-state index in [0.717, 1.165) is 10.9 Å². The second kappa shape index (κ2) is 8.68. The van der Waals surface area contributed by atoms with Crippen LogP contribution >= 0.6 is 0 Å². The number of methoxy groups -OCH3 is 1. The molecule has 2 heterocycles. The lowest BCUT2D eigenvalue weighted by atomic mass is 9.95. The first kappa shape index (κ1) is 21.3. The summed E-state index contributed by atoms with van der Waals surface area (Å²) >= 11 is 0. The van der Waals surface area contributed by atoms with Crippen LogP contribution in [0.15, 0.2) is 60.3 Å². The molecule has 1 fully saturated rings. The first-order chi connectivity index (χ1) is 15.4. The molecule has 1 amide bonds. The number of aliphatic hydroxyl groups excluding tert-OH is 1. The van der Waals surface area contributed by atoms with Gasteiger partial charge in [-0.1, -0.05) is 30.3 Å².